The van der Waals surface area contributed by atoms with Crippen molar-refractivity contribution in [2.24, 2.45) is 5.16 Å². The minimum atomic E-state index is -1.00. The summed E-state index contributed by atoms with van der Waals surface area (Å²) in [4.78, 5) is 21.6. The highest BCUT2D eigenvalue weighted by Crippen LogP contribution is 2.01. The van der Waals surface area contributed by atoms with E-state index in [-0.39, 0.29) is 6.73 Å². The maximum absolute atomic E-state index is 11.0. The molecule has 0 aliphatic rings. The summed E-state index contributed by atoms with van der Waals surface area (Å²) < 4.78 is 8.81. The van der Waals surface area contributed by atoms with Gasteiger partial charge in [0.1, 0.15) is 12.8 Å². The molecule has 9 heteroatoms. The van der Waals surface area contributed by atoms with Crippen molar-refractivity contribution in [1.29, 1.82) is 0 Å². The van der Waals surface area contributed by atoms with Crippen LogP contribution in [0.2, 0.25) is 0 Å². The highest BCUT2D eigenvalue weighted by molar-refractivity contribution is 5.73. The first-order valence-electron chi connectivity index (χ1n) is 6.15. The zero-order chi connectivity index (χ0) is 15.2. The molecule has 0 fully saturated rings. The standard InChI is InChI=1S/C11H21N3O6/c1-19-11(17)20-8-13-9(10(15)16)4-2-3-5-12-6-7-14-18/h7,9,12-13,18H,2-6,8H2,1H3,(H,15,16)/t9-/m0/s1. The number of unbranched alkanes of at least 4 members (excludes halogenated alkanes) is 1. The van der Waals surface area contributed by atoms with E-state index in [1.54, 1.807) is 0 Å². The van der Waals surface area contributed by atoms with Gasteiger partial charge in [0, 0.05) is 6.54 Å². The van der Waals surface area contributed by atoms with Crippen LogP contribution >= 0.6 is 0 Å². The molecule has 0 aromatic carbocycles. The highest BCUT2D eigenvalue weighted by atomic mass is 16.7. The molecule has 0 saturated heterocycles. The van der Waals surface area contributed by atoms with E-state index < -0.39 is 18.2 Å². The molecule has 0 spiro atoms. The number of aliphatic carboxylic acids is 1. The first-order valence-corrected chi connectivity index (χ1v) is 6.15. The number of rotatable bonds is 11. The van der Waals surface area contributed by atoms with Crippen molar-refractivity contribution in [3.63, 3.8) is 0 Å². The fourth-order valence-corrected chi connectivity index (χ4v) is 1.38. The lowest BCUT2D eigenvalue weighted by Gasteiger charge is -2.14. The van der Waals surface area contributed by atoms with Gasteiger partial charge >= 0.3 is 12.1 Å². The number of carbonyl (C=O) groups is 2. The Morgan fingerprint density at radius 3 is 2.75 bits per heavy atom. The first-order chi connectivity index (χ1) is 9.61. The Bertz CT molecular complexity index is 311. The van der Waals surface area contributed by atoms with Gasteiger partial charge in [-0.25, -0.2) is 4.79 Å². The molecule has 0 rings (SSSR count). The summed E-state index contributed by atoms with van der Waals surface area (Å²) in [6.45, 7) is 0.940. The summed E-state index contributed by atoms with van der Waals surface area (Å²) in [6, 6.07) is -0.779. The van der Waals surface area contributed by atoms with Crippen LogP contribution in [0.5, 0.6) is 0 Å². The smallest absolute Gasteiger partial charge is 0.480 e. The van der Waals surface area contributed by atoms with E-state index in [0.717, 1.165) is 6.42 Å². The largest absolute Gasteiger partial charge is 0.509 e. The number of hydrogen-bond acceptors (Lipinski definition) is 8. The van der Waals surface area contributed by atoms with E-state index in [0.29, 0.717) is 25.9 Å². The number of hydrogen-bond donors (Lipinski definition) is 4. The lowest BCUT2D eigenvalue weighted by Crippen LogP contribution is -2.38. The number of carboxylic acids is 1. The van der Waals surface area contributed by atoms with Crippen molar-refractivity contribution in [2.75, 3.05) is 26.9 Å². The van der Waals surface area contributed by atoms with E-state index in [1.807, 2.05) is 0 Å². The minimum Gasteiger partial charge on any atom is -0.480 e. The number of nitrogens with zero attached hydrogens (tertiary/aromatic N) is 1. The second-order valence-corrected chi connectivity index (χ2v) is 3.84. The topological polar surface area (TPSA) is 129 Å². The Morgan fingerprint density at radius 2 is 2.15 bits per heavy atom. The van der Waals surface area contributed by atoms with Crippen LogP contribution in [0.1, 0.15) is 19.3 Å². The molecule has 9 nitrogen and oxygen atoms in total. The van der Waals surface area contributed by atoms with Crippen LogP contribution in [0, 0.1) is 0 Å². The summed E-state index contributed by atoms with van der Waals surface area (Å²) in [5.74, 6) is -1.00. The van der Waals surface area contributed by atoms with Crippen LogP contribution in [-0.4, -0.2) is 61.6 Å². The normalized spacial score (nSPS) is 12.2. The van der Waals surface area contributed by atoms with Crippen molar-refractivity contribution < 1.29 is 29.4 Å². The van der Waals surface area contributed by atoms with Gasteiger partial charge in [-0.15, -0.1) is 5.16 Å². The summed E-state index contributed by atoms with van der Waals surface area (Å²) in [7, 11) is 1.17. The molecule has 20 heavy (non-hydrogen) atoms. The molecule has 0 aromatic rings. The highest BCUT2D eigenvalue weighted by Gasteiger charge is 2.16. The zero-order valence-electron chi connectivity index (χ0n) is 11.4. The van der Waals surface area contributed by atoms with Gasteiger partial charge in [-0.1, -0.05) is 6.42 Å². The molecule has 0 unspecified atom stereocenters. The average Bonchev–Trinajstić information content (AvgIpc) is 2.43. The molecular weight excluding hydrogens is 270 g/mol. The summed E-state index contributed by atoms with van der Waals surface area (Å²) in [5, 5.41) is 25.5. The number of oxime groups is 1. The lowest BCUT2D eigenvalue weighted by molar-refractivity contribution is -0.140. The van der Waals surface area contributed by atoms with Gasteiger partial charge in [-0.3, -0.25) is 10.1 Å². The predicted octanol–water partition coefficient (Wildman–Crippen LogP) is -0.0104. The van der Waals surface area contributed by atoms with Crippen LogP contribution in [0.3, 0.4) is 0 Å². The van der Waals surface area contributed by atoms with Gasteiger partial charge in [0.05, 0.1) is 13.3 Å². The Labute approximate surface area is 116 Å². The fourth-order valence-electron chi connectivity index (χ4n) is 1.38. The molecule has 0 radical (unpaired) electrons. The van der Waals surface area contributed by atoms with E-state index in [2.05, 4.69) is 25.3 Å². The molecule has 0 heterocycles. The molecular formula is C11H21N3O6. The van der Waals surface area contributed by atoms with Crippen molar-refractivity contribution in [1.82, 2.24) is 10.6 Å². The molecule has 1 atom stereocenters. The van der Waals surface area contributed by atoms with Crippen LogP contribution in [0.25, 0.3) is 0 Å². The first kappa shape index (κ1) is 18.1. The minimum absolute atomic E-state index is 0.213. The molecule has 0 amide bonds. The average molecular weight is 291 g/mol. The van der Waals surface area contributed by atoms with Crippen molar-refractivity contribution >= 4 is 18.3 Å². The molecule has 0 bridgehead atoms. The Hall–Kier alpha value is -1.87. The van der Waals surface area contributed by atoms with Crippen molar-refractivity contribution in [3.8, 4) is 0 Å². The van der Waals surface area contributed by atoms with Gasteiger partial charge < -0.3 is 25.1 Å². The monoisotopic (exact) mass is 291 g/mol. The number of carboxylic acid groups (broad SMARTS) is 1. The zero-order valence-corrected chi connectivity index (χ0v) is 11.4. The molecule has 116 valence electrons. The molecule has 0 aromatic heterocycles. The van der Waals surface area contributed by atoms with Gasteiger partial charge in [0.2, 0.25) is 0 Å². The summed E-state index contributed by atoms with van der Waals surface area (Å²) >= 11 is 0. The third kappa shape index (κ3) is 10.1. The summed E-state index contributed by atoms with van der Waals surface area (Å²) in [5.41, 5.74) is 0. The van der Waals surface area contributed by atoms with Crippen LogP contribution in [0.4, 0.5) is 4.79 Å². The molecule has 0 aliphatic carbocycles. The third-order valence-corrected chi connectivity index (χ3v) is 2.40. The maximum atomic E-state index is 11.0. The van der Waals surface area contributed by atoms with Gasteiger partial charge in [-0.05, 0) is 19.4 Å². The number of nitrogens with one attached hydrogen (secondary N) is 2. The quantitative estimate of drug-likeness (QED) is 0.104. The van der Waals surface area contributed by atoms with E-state index in [9.17, 15) is 9.59 Å². The number of ether oxygens (including phenoxy) is 2. The second-order valence-electron chi connectivity index (χ2n) is 3.84. The van der Waals surface area contributed by atoms with E-state index in [1.165, 1.54) is 13.3 Å². The molecule has 4 N–H and O–H groups in total. The van der Waals surface area contributed by atoms with Crippen molar-refractivity contribution in [2.45, 2.75) is 25.3 Å². The van der Waals surface area contributed by atoms with Crippen LogP contribution in [-0.2, 0) is 14.3 Å². The van der Waals surface area contributed by atoms with Gasteiger partial charge in [0.25, 0.3) is 0 Å². The van der Waals surface area contributed by atoms with E-state index in [4.69, 9.17) is 10.3 Å². The van der Waals surface area contributed by atoms with Gasteiger partial charge in [-0.2, -0.15) is 0 Å². The van der Waals surface area contributed by atoms with Crippen LogP contribution < -0.4 is 10.6 Å². The second kappa shape index (κ2) is 12.2. The molecule has 0 saturated carbocycles. The Kier molecular flexibility index (Phi) is 11.0. The lowest BCUT2D eigenvalue weighted by atomic mass is 10.1. The number of methoxy groups -OCH3 is 1. The van der Waals surface area contributed by atoms with Gasteiger partial charge in [0.15, 0.2) is 0 Å². The Morgan fingerprint density at radius 1 is 1.40 bits per heavy atom. The molecule has 0 aliphatic heterocycles. The van der Waals surface area contributed by atoms with Crippen molar-refractivity contribution in [3.05, 3.63) is 0 Å². The number of carbonyl (C=O) groups excluding carboxylic acids is 1. The third-order valence-electron chi connectivity index (χ3n) is 2.40. The van der Waals surface area contributed by atoms with Crippen LogP contribution in [0.15, 0.2) is 5.16 Å². The fraction of sp³-hybridized carbons (Fsp3) is 0.727. The predicted molar refractivity (Wildman–Crippen MR) is 69.9 cm³/mol. The maximum Gasteiger partial charge on any atom is 0.509 e. The summed E-state index contributed by atoms with van der Waals surface area (Å²) in [6.07, 6.45) is 2.34. The Balaban J connectivity index is 3.70. The van der Waals surface area contributed by atoms with E-state index >= 15 is 0 Å². The SMILES string of the molecule is COC(=O)OCN[C@@H](CCCCNCC=NO)C(=O)O.